The molecule has 0 atom stereocenters. The summed E-state index contributed by atoms with van der Waals surface area (Å²) < 4.78 is 0. The van der Waals surface area contributed by atoms with Gasteiger partial charge >= 0.3 is 0 Å². The summed E-state index contributed by atoms with van der Waals surface area (Å²) in [5, 5.41) is 4.19. The van der Waals surface area contributed by atoms with Crippen molar-refractivity contribution in [1.29, 1.82) is 0 Å². The summed E-state index contributed by atoms with van der Waals surface area (Å²) in [7, 11) is -0.446. The maximum Gasteiger partial charge on any atom is 0 e. The van der Waals surface area contributed by atoms with Crippen molar-refractivity contribution in [3.63, 3.8) is 0 Å². The molecule has 0 aliphatic carbocycles. The minimum atomic E-state index is -0.446. The van der Waals surface area contributed by atoms with Crippen LogP contribution in [0, 0.1) is 0 Å². The second kappa shape index (κ2) is 7.61. The topological polar surface area (TPSA) is 0 Å². The maximum absolute atomic E-state index is 2.23. The molecule has 0 saturated heterocycles. The van der Waals surface area contributed by atoms with Crippen molar-refractivity contribution in [3.8, 4) is 0 Å². The van der Waals surface area contributed by atoms with Gasteiger partial charge in [0.15, 0.2) is 0 Å². The van der Waals surface area contributed by atoms with E-state index in [2.05, 4.69) is 91.0 Å². The van der Waals surface area contributed by atoms with E-state index in [1.807, 2.05) is 0 Å². The Morgan fingerprint density at radius 1 is 0.400 bits per heavy atom. The van der Waals surface area contributed by atoms with E-state index in [0.29, 0.717) is 0 Å². The zero-order valence-corrected chi connectivity index (χ0v) is 14.9. The van der Waals surface area contributed by atoms with E-state index in [1.54, 1.807) is 0 Å². The molecule has 0 aromatic heterocycles. The van der Waals surface area contributed by atoms with E-state index < -0.39 is 7.92 Å². The molecule has 0 N–H and O–H groups in total. The number of hydrogen-bond acceptors (Lipinski definition) is 0. The van der Waals surface area contributed by atoms with Gasteiger partial charge in [0, 0.05) is 23.9 Å². The van der Waals surface area contributed by atoms with E-state index in [1.165, 1.54) is 15.9 Å². The number of rotatable bonds is 3. The molecule has 0 saturated carbocycles. The van der Waals surface area contributed by atoms with Gasteiger partial charge < -0.3 is 0 Å². The standard InChI is InChI=1S/C18H15P.Sn/c1-4-10-16(11-5-1)19(17-12-6-2-7-13-17)18-14-8-3-9-15-18;/h1-15H;. The van der Waals surface area contributed by atoms with E-state index in [0.717, 1.165) is 0 Å². The van der Waals surface area contributed by atoms with Crippen LogP contribution in [-0.2, 0) is 0 Å². The number of benzene rings is 3. The zero-order chi connectivity index (χ0) is 12.9. The third-order valence-corrected chi connectivity index (χ3v) is 5.49. The van der Waals surface area contributed by atoms with Crippen LogP contribution in [0.5, 0.6) is 0 Å². The van der Waals surface area contributed by atoms with Crippen molar-refractivity contribution in [2.75, 3.05) is 0 Å². The molecule has 96 valence electrons. The van der Waals surface area contributed by atoms with Gasteiger partial charge in [-0.2, -0.15) is 0 Å². The predicted octanol–water partition coefficient (Wildman–Crippen LogP) is 3.06. The minimum absolute atomic E-state index is 0. The Morgan fingerprint density at radius 3 is 0.900 bits per heavy atom. The Labute approximate surface area is 138 Å². The third kappa shape index (κ3) is 3.50. The van der Waals surface area contributed by atoms with Crippen molar-refractivity contribution in [3.05, 3.63) is 91.0 Å². The van der Waals surface area contributed by atoms with E-state index in [4.69, 9.17) is 0 Å². The van der Waals surface area contributed by atoms with E-state index in [9.17, 15) is 0 Å². The van der Waals surface area contributed by atoms with Crippen LogP contribution in [0.1, 0.15) is 0 Å². The molecule has 0 nitrogen and oxygen atoms in total. The molecular weight excluding hydrogens is 366 g/mol. The van der Waals surface area contributed by atoms with Crippen LogP contribution in [0.4, 0.5) is 0 Å². The third-order valence-electron chi connectivity index (χ3n) is 3.04. The first-order chi connectivity index (χ1) is 9.45. The van der Waals surface area contributed by atoms with Crippen LogP contribution in [0.25, 0.3) is 0 Å². The Balaban J connectivity index is 0.00000147. The molecule has 0 aliphatic heterocycles. The van der Waals surface area contributed by atoms with E-state index in [-0.39, 0.29) is 23.9 Å². The zero-order valence-electron chi connectivity index (χ0n) is 11.1. The summed E-state index contributed by atoms with van der Waals surface area (Å²) in [6.45, 7) is 0. The van der Waals surface area contributed by atoms with Gasteiger partial charge in [-0.05, 0) is 23.8 Å². The van der Waals surface area contributed by atoms with Crippen LogP contribution < -0.4 is 15.9 Å². The van der Waals surface area contributed by atoms with Crippen molar-refractivity contribution in [2.45, 2.75) is 0 Å². The molecule has 0 heterocycles. The second-order valence-corrected chi connectivity index (χ2v) is 6.56. The van der Waals surface area contributed by atoms with Crippen molar-refractivity contribution in [2.24, 2.45) is 0 Å². The summed E-state index contributed by atoms with van der Waals surface area (Å²) >= 11 is 0. The summed E-state index contributed by atoms with van der Waals surface area (Å²) in [6, 6.07) is 32.3. The molecule has 0 fully saturated rings. The Kier molecular flexibility index (Phi) is 5.82. The first-order valence-electron chi connectivity index (χ1n) is 6.40. The first kappa shape index (κ1) is 15.3. The average Bonchev–Trinajstić information content (AvgIpc) is 2.51. The van der Waals surface area contributed by atoms with Crippen molar-refractivity contribution < 1.29 is 0 Å². The van der Waals surface area contributed by atoms with Gasteiger partial charge in [-0.25, -0.2) is 0 Å². The molecule has 0 aliphatic rings. The summed E-state index contributed by atoms with van der Waals surface area (Å²) in [5.41, 5.74) is 0. The summed E-state index contributed by atoms with van der Waals surface area (Å²) in [5.74, 6) is 0. The normalized spacial score (nSPS) is 10.1. The fourth-order valence-corrected chi connectivity index (χ4v) is 4.48. The molecule has 3 rings (SSSR count). The molecule has 0 bridgehead atoms. The quantitative estimate of drug-likeness (QED) is 0.484. The Hall–Kier alpha value is -1.11. The summed E-state index contributed by atoms with van der Waals surface area (Å²) in [6.07, 6.45) is 0. The molecule has 0 amide bonds. The maximum atomic E-state index is 2.23. The van der Waals surface area contributed by atoms with E-state index >= 15 is 0 Å². The molecule has 4 radical (unpaired) electrons. The minimum Gasteiger partial charge on any atom is -0.0622 e. The molecule has 0 unspecified atom stereocenters. The van der Waals surface area contributed by atoms with Gasteiger partial charge in [0.25, 0.3) is 0 Å². The Morgan fingerprint density at radius 2 is 0.650 bits per heavy atom. The second-order valence-electron chi connectivity index (χ2n) is 4.34. The van der Waals surface area contributed by atoms with Crippen molar-refractivity contribution in [1.82, 2.24) is 0 Å². The Bertz CT molecular complexity index is 529. The molecule has 3 aromatic rings. The van der Waals surface area contributed by atoms with Crippen LogP contribution in [0.3, 0.4) is 0 Å². The van der Waals surface area contributed by atoms with Crippen LogP contribution >= 0.6 is 7.92 Å². The molecule has 2 heteroatoms. The molecule has 20 heavy (non-hydrogen) atoms. The van der Waals surface area contributed by atoms with Gasteiger partial charge in [-0.1, -0.05) is 91.0 Å². The first-order valence-corrected chi connectivity index (χ1v) is 7.74. The van der Waals surface area contributed by atoms with Gasteiger partial charge in [0.2, 0.25) is 0 Å². The molecular formula is C18H15PSn. The number of hydrogen-bond donors (Lipinski definition) is 0. The fourth-order valence-electron chi connectivity index (χ4n) is 2.18. The van der Waals surface area contributed by atoms with Gasteiger partial charge in [-0.3, -0.25) is 0 Å². The van der Waals surface area contributed by atoms with Gasteiger partial charge in [0.05, 0.1) is 0 Å². The van der Waals surface area contributed by atoms with Crippen LogP contribution in [0.15, 0.2) is 91.0 Å². The van der Waals surface area contributed by atoms with Gasteiger partial charge in [-0.15, -0.1) is 0 Å². The predicted molar refractivity (Wildman–Crippen MR) is 90.9 cm³/mol. The molecule has 3 aromatic carbocycles. The average molecular weight is 381 g/mol. The monoisotopic (exact) mass is 382 g/mol. The fraction of sp³-hybridized carbons (Fsp3) is 0. The molecule has 0 spiro atoms. The smallest absolute Gasteiger partial charge is 0 e. The van der Waals surface area contributed by atoms with Gasteiger partial charge in [0.1, 0.15) is 0 Å². The summed E-state index contributed by atoms with van der Waals surface area (Å²) in [4.78, 5) is 0. The SMILES string of the molecule is [Sn].c1ccc(P(c2ccccc2)c2ccccc2)cc1. The largest absolute Gasteiger partial charge is 0.0622 e. The van der Waals surface area contributed by atoms with Crippen molar-refractivity contribution >= 4 is 47.7 Å². The van der Waals surface area contributed by atoms with Crippen LogP contribution in [0.2, 0.25) is 0 Å². The van der Waals surface area contributed by atoms with Crippen LogP contribution in [-0.4, -0.2) is 23.9 Å².